The van der Waals surface area contributed by atoms with Crippen molar-refractivity contribution < 1.29 is 23.1 Å². The fraction of sp³-hybridized carbons (Fsp3) is 0.531. The zero-order valence-electron chi connectivity index (χ0n) is 23.7. The lowest BCUT2D eigenvalue weighted by molar-refractivity contribution is 0.0456. The van der Waals surface area contributed by atoms with Crippen molar-refractivity contribution in [2.24, 2.45) is 17.8 Å². The summed E-state index contributed by atoms with van der Waals surface area (Å²) in [5.74, 6) is 0.232. The van der Waals surface area contributed by atoms with E-state index in [2.05, 4.69) is 21.8 Å². The lowest BCUT2D eigenvalue weighted by Crippen LogP contribution is -2.49. The van der Waals surface area contributed by atoms with E-state index in [0.29, 0.717) is 31.9 Å². The average Bonchev–Trinajstić information content (AvgIpc) is 3.06. The van der Waals surface area contributed by atoms with Crippen molar-refractivity contribution in [2.45, 2.75) is 69.1 Å². The average molecular weight is 599 g/mol. The summed E-state index contributed by atoms with van der Waals surface area (Å²) >= 11 is 6.38. The van der Waals surface area contributed by atoms with Crippen LogP contribution in [0.4, 0.5) is 5.69 Å². The molecule has 4 aliphatic rings. The standard InChI is InChI=1S/C32H39ClN2O5S/c1-20-5-3-7-29(36)26-11-8-24(26)17-35-18-32(14-4-6-22-15-25(33)10-12-27(22)32)19-40-30-13-9-23(16-28(30)35)31(37)34-41(38,39)21(20)2/h3,7,9-10,12-13,15-16,20-21,24,26,29,36H,4-6,8,11,14,17-19H2,1-2H3,(H,34,37)/b7-3-/t20?,21-,24+,26-,29+,32+/m1/s1. The minimum Gasteiger partial charge on any atom is -0.490 e. The Morgan fingerprint density at radius 3 is 2.76 bits per heavy atom. The van der Waals surface area contributed by atoms with Gasteiger partial charge < -0.3 is 14.7 Å². The molecule has 2 aliphatic carbocycles. The second kappa shape index (κ2) is 10.9. The summed E-state index contributed by atoms with van der Waals surface area (Å²) in [4.78, 5) is 15.6. The van der Waals surface area contributed by atoms with Crippen LogP contribution in [0.2, 0.25) is 5.02 Å². The van der Waals surface area contributed by atoms with E-state index in [0.717, 1.165) is 42.8 Å². The summed E-state index contributed by atoms with van der Waals surface area (Å²) < 4.78 is 35.1. The number of hydrogen-bond acceptors (Lipinski definition) is 6. The van der Waals surface area contributed by atoms with Crippen LogP contribution in [0, 0.1) is 17.8 Å². The Balaban J connectivity index is 1.42. The smallest absolute Gasteiger partial charge is 0.264 e. The number of anilines is 1. The molecule has 2 aliphatic heterocycles. The van der Waals surface area contributed by atoms with Gasteiger partial charge in [0.1, 0.15) is 5.75 Å². The first kappa shape index (κ1) is 28.6. The highest BCUT2D eigenvalue weighted by molar-refractivity contribution is 7.90. The molecule has 1 unspecified atom stereocenters. The summed E-state index contributed by atoms with van der Waals surface area (Å²) in [6.45, 7) is 5.39. The van der Waals surface area contributed by atoms with Gasteiger partial charge in [-0.2, -0.15) is 0 Å². The van der Waals surface area contributed by atoms with Crippen molar-refractivity contribution in [1.82, 2.24) is 4.72 Å². The SMILES string of the molecule is CC1C/C=C\[C@H](O)[C@@H]2CC[C@H]2CN2C[C@@]3(CCCc4cc(Cl)ccc43)COc3ccc(cc32)C(=O)NS(=O)(=O)[C@@H]1C. The third-order valence-electron chi connectivity index (χ3n) is 10.0. The summed E-state index contributed by atoms with van der Waals surface area (Å²) in [6.07, 6.45) is 8.58. The number of benzene rings is 2. The first-order valence-electron chi connectivity index (χ1n) is 14.8. The van der Waals surface area contributed by atoms with Gasteiger partial charge in [-0.25, -0.2) is 13.1 Å². The Morgan fingerprint density at radius 2 is 1.98 bits per heavy atom. The number of carbonyl (C=O) groups excluding carboxylic acids is 1. The van der Waals surface area contributed by atoms with Crippen molar-refractivity contribution in [1.29, 1.82) is 0 Å². The number of rotatable bonds is 0. The van der Waals surface area contributed by atoms with E-state index in [4.69, 9.17) is 16.3 Å². The molecule has 2 heterocycles. The van der Waals surface area contributed by atoms with Gasteiger partial charge in [0.2, 0.25) is 10.0 Å². The summed E-state index contributed by atoms with van der Waals surface area (Å²) in [5, 5.41) is 11.1. The number of nitrogens with one attached hydrogen (secondary N) is 1. The van der Waals surface area contributed by atoms with Gasteiger partial charge in [-0.3, -0.25) is 4.79 Å². The Hall–Kier alpha value is -2.55. The number of ether oxygens (including phenoxy) is 1. The number of sulfonamides is 1. The molecule has 2 bridgehead atoms. The maximum atomic E-state index is 13.3. The van der Waals surface area contributed by atoms with E-state index in [1.165, 1.54) is 11.1 Å². The molecule has 41 heavy (non-hydrogen) atoms. The largest absolute Gasteiger partial charge is 0.490 e. The molecule has 9 heteroatoms. The molecule has 0 saturated heterocycles. The zero-order valence-corrected chi connectivity index (χ0v) is 25.3. The number of hydrogen-bond donors (Lipinski definition) is 2. The molecule has 2 N–H and O–H groups in total. The zero-order chi connectivity index (χ0) is 28.9. The van der Waals surface area contributed by atoms with E-state index in [1.54, 1.807) is 25.1 Å². The van der Waals surface area contributed by atoms with Gasteiger partial charge in [-0.15, -0.1) is 0 Å². The summed E-state index contributed by atoms with van der Waals surface area (Å²) in [5.41, 5.74) is 3.33. The molecule has 1 spiro atoms. The fourth-order valence-corrected chi connectivity index (χ4v) is 8.64. The number of amides is 1. The Labute approximate surface area is 248 Å². The van der Waals surface area contributed by atoms with Gasteiger partial charge >= 0.3 is 0 Å². The first-order valence-corrected chi connectivity index (χ1v) is 16.7. The Bertz CT molecular complexity index is 1480. The van der Waals surface area contributed by atoms with Crippen molar-refractivity contribution in [3.8, 4) is 5.75 Å². The molecule has 0 radical (unpaired) electrons. The van der Waals surface area contributed by atoms with Crippen molar-refractivity contribution >= 4 is 33.2 Å². The van der Waals surface area contributed by atoms with Crippen LogP contribution in [0.1, 0.15) is 67.4 Å². The van der Waals surface area contributed by atoms with Gasteiger partial charge in [-0.05, 0) is 105 Å². The Kier molecular flexibility index (Phi) is 7.62. The molecule has 0 aromatic heterocycles. The second-order valence-electron chi connectivity index (χ2n) is 12.6. The third kappa shape index (κ3) is 5.39. The number of nitrogens with zero attached hydrogens (tertiary/aromatic N) is 1. The normalized spacial score (nSPS) is 33.8. The predicted octanol–water partition coefficient (Wildman–Crippen LogP) is 5.24. The molecule has 7 nitrogen and oxygen atoms in total. The topological polar surface area (TPSA) is 95.9 Å². The summed E-state index contributed by atoms with van der Waals surface area (Å²) in [6, 6.07) is 11.4. The van der Waals surface area contributed by atoms with Crippen molar-refractivity contribution in [3.05, 3.63) is 70.3 Å². The van der Waals surface area contributed by atoms with Gasteiger partial charge in [0.25, 0.3) is 5.91 Å². The molecule has 2 aromatic carbocycles. The van der Waals surface area contributed by atoms with Gasteiger partial charge in [0, 0.05) is 29.1 Å². The first-order chi connectivity index (χ1) is 19.6. The molecule has 2 aromatic rings. The van der Waals surface area contributed by atoms with Crippen LogP contribution in [-0.4, -0.2) is 50.5 Å². The van der Waals surface area contributed by atoms with Crippen LogP contribution in [-0.2, 0) is 21.9 Å². The third-order valence-corrected chi connectivity index (χ3v) is 12.2. The number of aliphatic hydroxyl groups is 1. The minimum atomic E-state index is -3.91. The molecule has 6 atom stereocenters. The second-order valence-corrected chi connectivity index (χ2v) is 15.1. The Morgan fingerprint density at radius 1 is 1.15 bits per heavy atom. The molecular weight excluding hydrogens is 560 g/mol. The van der Waals surface area contributed by atoms with Crippen LogP contribution in [0.15, 0.2) is 48.6 Å². The molecule has 1 fully saturated rings. The van der Waals surface area contributed by atoms with E-state index < -0.39 is 27.3 Å². The summed E-state index contributed by atoms with van der Waals surface area (Å²) in [7, 11) is -3.91. The van der Waals surface area contributed by atoms with Crippen LogP contribution in [0.3, 0.4) is 0 Å². The van der Waals surface area contributed by atoms with Crippen LogP contribution in [0.25, 0.3) is 0 Å². The van der Waals surface area contributed by atoms with Gasteiger partial charge in [0.05, 0.1) is 23.6 Å². The van der Waals surface area contributed by atoms with Crippen LogP contribution >= 0.6 is 11.6 Å². The maximum absolute atomic E-state index is 13.3. The maximum Gasteiger partial charge on any atom is 0.264 e. The van der Waals surface area contributed by atoms with Crippen LogP contribution < -0.4 is 14.4 Å². The lowest BCUT2D eigenvalue weighted by Gasteiger charge is -2.45. The van der Waals surface area contributed by atoms with Crippen molar-refractivity contribution in [2.75, 3.05) is 24.6 Å². The highest BCUT2D eigenvalue weighted by atomic mass is 35.5. The molecule has 6 rings (SSSR count). The van der Waals surface area contributed by atoms with Crippen LogP contribution in [0.5, 0.6) is 5.75 Å². The molecule has 1 saturated carbocycles. The monoisotopic (exact) mass is 598 g/mol. The number of halogens is 1. The number of fused-ring (bicyclic) bond motifs is 4. The molecule has 1 amide bonds. The number of allylic oxidation sites excluding steroid dienone is 1. The van der Waals surface area contributed by atoms with E-state index in [9.17, 15) is 18.3 Å². The van der Waals surface area contributed by atoms with Gasteiger partial charge in [0.15, 0.2) is 0 Å². The lowest BCUT2D eigenvalue weighted by atomic mass is 9.68. The van der Waals surface area contributed by atoms with Crippen molar-refractivity contribution in [3.63, 3.8) is 0 Å². The molecule has 220 valence electrons. The van der Waals surface area contributed by atoms with Gasteiger partial charge in [-0.1, -0.05) is 36.7 Å². The number of aryl methyl sites for hydroxylation is 1. The number of carbonyl (C=O) groups is 1. The quantitative estimate of drug-likeness (QED) is 0.403. The molecular formula is C32H39ClN2O5S. The van der Waals surface area contributed by atoms with E-state index in [1.807, 2.05) is 25.1 Å². The predicted molar refractivity (Wildman–Crippen MR) is 161 cm³/mol. The fourth-order valence-electron chi connectivity index (χ4n) is 7.16. The minimum absolute atomic E-state index is 0.128. The van der Waals surface area contributed by atoms with E-state index >= 15 is 0 Å². The highest BCUT2D eigenvalue weighted by Crippen LogP contribution is 2.46. The van der Waals surface area contributed by atoms with E-state index in [-0.39, 0.29) is 28.7 Å². The highest BCUT2D eigenvalue weighted by Gasteiger charge is 2.44. The number of aliphatic hydroxyl groups excluding tert-OH is 1.